The normalized spacial score (nSPS) is 23.2. The number of hydrogen-bond donors (Lipinski definition) is 2. The van der Waals surface area contributed by atoms with Crippen molar-refractivity contribution in [1.29, 1.82) is 0 Å². The Balaban J connectivity index is 2.34. The summed E-state index contributed by atoms with van der Waals surface area (Å²) >= 11 is 0. The Bertz CT molecular complexity index is 256. The first-order valence-electron chi connectivity index (χ1n) is 5.21. The summed E-state index contributed by atoms with van der Waals surface area (Å²) in [5.74, 6) is 0.541. The minimum atomic E-state index is -3.07. The molecule has 5 heteroatoms. The van der Waals surface area contributed by atoms with Gasteiger partial charge in [0.1, 0.15) is 0 Å². The minimum absolute atomic E-state index is 0.227. The molecule has 84 valence electrons. The van der Waals surface area contributed by atoms with E-state index >= 15 is 0 Å². The first kappa shape index (κ1) is 11.9. The molecule has 0 bridgehead atoms. The third-order valence-corrected chi connectivity index (χ3v) is 4.37. The van der Waals surface area contributed by atoms with Crippen molar-refractivity contribution >= 4 is 10.0 Å². The Hall–Kier alpha value is -0.130. The van der Waals surface area contributed by atoms with Crippen LogP contribution in [0.3, 0.4) is 0 Å². The first-order valence-corrected chi connectivity index (χ1v) is 6.76. The molecule has 1 unspecified atom stereocenters. The monoisotopic (exact) mass is 220 g/mol. The van der Waals surface area contributed by atoms with Crippen molar-refractivity contribution in [2.24, 2.45) is 5.92 Å². The Morgan fingerprint density at radius 2 is 2.21 bits per heavy atom. The van der Waals surface area contributed by atoms with Crippen LogP contribution in [0.4, 0.5) is 0 Å². The smallest absolute Gasteiger partial charge is 0.215 e. The van der Waals surface area contributed by atoms with Crippen LogP contribution < -0.4 is 10.0 Å². The van der Waals surface area contributed by atoms with Crippen molar-refractivity contribution in [3.05, 3.63) is 0 Å². The zero-order valence-corrected chi connectivity index (χ0v) is 9.73. The van der Waals surface area contributed by atoms with Crippen LogP contribution >= 0.6 is 0 Å². The average molecular weight is 220 g/mol. The van der Waals surface area contributed by atoms with Gasteiger partial charge in [0, 0.05) is 13.1 Å². The molecule has 1 atom stereocenters. The van der Waals surface area contributed by atoms with Crippen molar-refractivity contribution < 1.29 is 8.42 Å². The second-order valence-corrected chi connectivity index (χ2v) is 6.28. The highest BCUT2D eigenvalue weighted by Gasteiger charge is 2.27. The molecule has 0 aromatic heterocycles. The largest absolute Gasteiger partial charge is 0.315 e. The van der Waals surface area contributed by atoms with Gasteiger partial charge in [-0.15, -0.1) is 0 Å². The van der Waals surface area contributed by atoms with E-state index in [0.717, 1.165) is 19.4 Å². The second kappa shape index (κ2) is 5.09. The predicted octanol–water partition coefficient (Wildman–Crippen LogP) is 0.314. The predicted molar refractivity (Wildman–Crippen MR) is 57.7 cm³/mol. The van der Waals surface area contributed by atoms with Crippen LogP contribution in [0.15, 0.2) is 0 Å². The maximum atomic E-state index is 11.7. The molecule has 0 radical (unpaired) electrons. The standard InChI is InChI=1S/C9H20N2O2S/c1-8(2)3-6-11-14(12,13)9-4-5-10-7-9/h8-11H,3-7H2,1-2H3. The SMILES string of the molecule is CC(C)CCNS(=O)(=O)C1CCNC1. The molecular formula is C9H20N2O2S. The fourth-order valence-electron chi connectivity index (χ4n) is 1.50. The Kier molecular flexibility index (Phi) is 4.34. The van der Waals surface area contributed by atoms with Gasteiger partial charge in [-0.3, -0.25) is 0 Å². The van der Waals surface area contributed by atoms with Crippen LogP contribution in [0.2, 0.25) is 0 Å². The van der Waals surface area contributed by atoms with Crippen molar-refractivity contribution in [1.82, 2.24) is 10.0 Å². The maximum absolute atomic E-state index is 11.7. The highest BCUT2D eigenvalue weighted by Crippen LogP contribution is 2.08. The average Bonchev–Trinajstić information content (AvgIpc) is 2.54. The van der Waals surface area contributed by atoms with Gasteiger partial charge in [-0.2, -0.15) is 0 Å². The molecule has 1 rings (SSSR count). The van der Waals surface area contributed by atoms with Crippen LogP contribution in [-0.2, 0) is 10.0 Å². The Morgan fingerprint density at radius 3 is 2.71 bits per heavy atom. The molecule has 2 N–H and O–H groups in total. The summed E-state index contributed by atoms with van der Waals surface area (Å²) in [4.78, 5) is 0. The molecule has 4 nitrogen and oxygen atoms in total. The molecule has 14 heavy (non-hydrogen) atoms. The minimum Gasteiger partial charge on any atom is -0.315 e. The number of nitrogens with one attached hydrogen (secondary N) is 2. The summed E-state index contributed by atoms with van der Waals surface area (Å²) < 4.78 is 26.0. The fourth-order valence-corrected chi connectivity index (χ4v) is 2.90. The molecule has 1 saturated heterocycles. The van der Waals surface area contributed by atoms with E-state index in [1.54, 1.807) is 0 Å². The summed E-state index contributed by atoms with van der Waals surface area (Å²) in [7, 11) is -3.07. The summed E-state index contributed by atoms with van der Waals surface area (Å²) in [5, 5.41) is 2.83. The lowest BCUT2D eigenvalue weighted by molar-refractivity contribution is 0.543. The molecule has 1 aliphatic rings. The van der Waals surface area contributed by atoms with Gasteiger partial charge in [-0.05, 0) is 25.3 Å². The molecule has 1 fully saturated rings. The van der Waals surface area contributed by atoms with Crippen LogP contribution in [0, 0.1) is 5.92 Å². The molecule has 0 aliphatic carbocycles. The van der Waals surface area contributed by atoms with E-state index in [9.17, 15) is 8.42 Å². The summed E-state index contributed by atoms with van der Waals surface area (Å²) in [5.41, 5.74) is 0. The molecular weight excluding hydrogens is 200 g/mol. The zero-order valence-electron chi connectivity index (χ0n) is 8.91. The highest BCUT2D eigenvalue weighted by molar-refractivity contribution is 7.90. The Morgan fingerprint density at radius 1 is 1.50 bits per heavy atom. The lowest BCUT2D eigenvalue weighted by atomic mass is 10.1. The maximum Gasteiger partial charge on any atom is 0.215 e. The number of rotatable bonds is 5. The summed E-state index contributed by atoms with van der Waals surface area (Å²) in [6, 6.07) is 0. The highest BCUT2D eigenvalue weighted by atomic mass is 32.2. The van der Waals surface area contributed by atoms with Gasteiger partial charge in [-0.1, -0.05) is 13.8 Å². The quantitative estimate of drug-likeness (QED) is 0.701. The fraction of sp³-hybridized carbons (Fsp3) is 1.00. The van der Waals surface area contributed by atoms with Gasteiger partial charge in [-0.25, -0.2) is 13.1 Å². The van der Waals surface area contributed by atoms with Gasteiger partial charge in [0.05, 0.1) is 5.25 Å². The molecule has 1 aliphatic heterocycles. The lowest BCUT2D eigenvalue weighted by Crippen LogP contribution is -2.36. The second-order valence-electron chi connectivity index (χ2n) is 4.24. The van der Waals surface area contributed by atoms with E-state index in [4.69, 9.17) is 0 Å². The van der Waals surface area contributed by atoms with Gasteiger partial charge in [0.25, 0.3) is 0 Å². The van der Waals surface area contributed by atoms with E-state index in [1.165, 1.54) is 0 Å². The lowest BCUT2D eigenvalue weighted by Gasteiger charge is -2.12. The third-order valence-electron chi connectivity index (χ3n) is 2.48. The first-order chi connectivity index (χ1) is 6.52. The molecule has 0 saturated carbocycles. The molecule has 0 aromatic rings. The van der Waals surface area contributed by atoms with E-state index in [2.05, 4.69) is 23.9 Å². The zero-order chi connectivity index (χ0) is 10.6. The third kappa shape index (κ3) is 3.55. The van der Waals surface area contributed by atoms with Crippen LogP contribution in [-0.4, -0.2) is 33.3 Å². The topological polar surface area (TPSA) is 58.2 Å². The van der Waals surface area contributed by atoms with Crippen LogP contribution in [0.5, 0.6) is 0 Å². The Labute approximate surface area is 86.5 Å². The van der Waals surface area contributed by atoms with Gasteiger partial charge in [0.15, 0.2) is 0 Å². The van der Waals surface area contributed by atoms with E-state index < -0.39 is 10.0 Å². The van der Waals surface area contributed by atoms with E-state index in [-0.39, 0.29) is 5.25 Å². The summed E-state index contributed by atoms with van der Waals surface area (Å²) in [6.45, 7) is 6.15. The van der Waals surface area contributed by atoms with Crippen molar-refractivity contribution in [3.8, 4) is 0 Å². The summed E-state index contributed by atoms with van der Waals surface area (Å²) in [6.07, 6.45) is 1.64. The van der Waals surface area contributed by atoms with Gasteiger partial charge < -0.3 is 5.32 Å². The van der Waals surface area contributed by atoms with E-state index in [0.29, 0.717) is 19.0 Å². The van der Waals surface area contributed by atoms with Crippen molar-refractivity contribution in [2.75, 3.05) is 19.6 Å². The molecule has 1 heterocycles. The van der Waals surface area contributed by atoms with Crippen LogP contribution in [0.25, 0.3) is 0 Å². The van der Waals surface area contributed by atoms with Crippen molar-refractivity contribution in [3.63, 3.8) is 0 Å². The molecule has 0 spiro atoms. The van der Waals surface area contributed by atoms with E-state index in [1.807, 2.05) is 0 Å². The molecule has 0 amide bonds. The number of hydrogen-bond acceptors (Lipinski definition) is 3. The number of sulfonamides is 1. The van der Waals surface area contributed by atoms with Gasteiger partial charge in [0.2, 0.25) is 10.0 Å². The van der Waals surface area contributed by atoms with Crippen molar-refractivity contribution in [2.45, 2.75) is 31.9 Å². The van der Waals surface area contributed by atoms with Crippen LogP contribution in [0.1, 0.15) is 26.7 Å². The van der Waals surface area contributed by atoms with Gasteiger partial charge >= 0.3 is 0 Å². The molecule has 0 aromatic carbocycles.